The number of hydrogen-bond donors (Lipinski definition) is 0. The molecule has 2 aromatic rings. The molecule has 0 amide bonds. The Morgan fingerprint density at radius 2 is 1.10 bits per heavy atom. The number of rotatable bonds is 2. The van der Waals surface area contributed by atoms with E-state index in [4.69, 9.17) is 17.0 Å². The van der Waals surface area contributed by atoms with Crippen molar-refractivity contribution in [2.45, 2.75) is 59.6 Å². The quantitative estimate of drug-likeness (QED) is 0.384. The predicted molar refractivity (Wildman–Crippen MR) is 125 cm³/mol. The predicted octanol–water partition coefficient (Wildman–Crippen LogP) is 8.73. The Kier molecular flexibility index (Phi) is 5.38. The second-order valence-electron chi connectivity index (χ2n) is 10.5. The molecule has 0 aromatic heterocycles. The SMILES string of the molecule is CC(C)(C)c1ccc2c(c1)[CH]([Zr]([Cl])([Cl])[CH]1C=CC=C1)c1cc(C(C)(C)C)ccc1-2. The summed E-state index contributed by atoms with van der Waals surface area (Å²) >= 11 is -3.65. The molecular formula is C26H30Cl2Zr. The van der Waals surface area contributed by atoms with Crippen LogP contribution in [0.3, 0.4) is 0 Å². The van der Waals surface area contributed by atoms with E-state index in [9.17, 15) is 0 Å². The molecule has 0 nitrogen and oxygen atoms in total. The topological polar surface area (TPSA) is 0 Å². The first-order valence-electron chi connectivity index (χ1n) is 10.4. The van der Waals surface area contributed by atoms with Gasteiger partial charge in [0.2, 0.25) is 0 Å². The van der Waals surface area contributed by atoms with Gasteiger partial charge >= 0.3 is 189 Å². The van der Waals surface area contributed by atoms with Crippen LogP contribution >= 0.6 is 17.0 Å². The monoisotopic (exact) mass is 502 g/mol. The van der Waals surface area contributed by atoms with Crippen LogP contribution in [-0.2, 0) is 28.7 Å². The van der Waals surface area contributed by atoms with Crippen molar-refractivity contribution < 1.29 is 17.9 Å². The van der Waals surface area contributed by atoms with E-state index in [0.29, 0.717) is 0 Å². The summed E-state index contributed by atoms with van der Waals surface area (Å²) in [5, 5.41) is 0. The van der Waals surface area contributed by atoms with Crippen LogP contribution in [0.1, 0.15) is 67.4 Å². The zero-order valence-corrected chi connectivity index (χ0v) is 22.2. The molecule has 0 bridgehead atoms. The molecule has 0 unspecified atom stereocenters. The Morgan fingerprint density at radius 3 is 1.48 bits per heavy atom. The number of fused-ring (bicyclic) bond motifs is 3. The fraction of sp³-hybridized carbons (Fsp3) is 0.385. The third-order valence-electron chi connectivity index (χ3n) is 6.32. The van der Waals surface area contributed by atoms with Gasteiger partial charge in [0.15, 0.2) is 0 Å². The van der Waals surface area contributed by atoms with Crippen LogP contribution in [0.5, 0.6) is 0 Å². The van der Waals surface area contributed by atoms with Gasteiger partial charge in [-0.05, 0) is 0 Å². The van der Waals surface area contributed by atoms with Gasteiger partial charge in [-0.3, -0.25) is 0 Å². The van der Waals surface area contributed by atoms with E-state index in [1.165, 1.54) is 33.4 Å². The number of allylic oxidation sites excluding steroid dienone is 4. The van der Waals surface area contributed by atoms with Crippen molar-refractivity contribution in [1.29, 1.82) is 0 Å². The average Bonchev–Trinajstić information content (AvgIpc) is 3.26. The molecule has 0 fully saturated rings. The summed E-state index contributed by atoms with van der Waals surface area (Å²) in [4.78, 5) is 0. The molecule has 0 saturated carbocycles. The van der Waals surface area contributed by atoms with E-state index >= 15 is 0 Å². The molecule has 0 N–H and O–H groups in total. The minimum absolute atomic E-state index is 0.0922. The van der Waals surface area contributed by atoms with Crippen LogP contribution in [0.4, 0.5) is 0 Å². The maximum atomic E-state index is 7.41. The van der Waals surface area contributed by atoms with Gasteiger partial charge in [0.05, 0.1) is 0 Å². The van der Waals surface area contributed by atoms with Gasteiger partial charge in [0, 0.05) is 0 Å². The maximum absolute atomic E-state index is 7.41. The molecule has 2 aliphatic rings. The molecule has 2 aliphatic carbocycles. The molecule has 0 saturated heterocycles. The summed E-state index contributed by atoms with van der Waals surface area (Å²) in [6, 6.07) is 13.9. The van der Waals surface area contributed by atoms with Gasteiger partial charge in [-0.15, -0.1) is 0 Å². The van der Waals surface area contributed by atoms with Gasteiger partial charge in [-0.2, -0.15) is 0 Å². The van der Waals surface area contributed by atoms with E-state index < -0.39 is 17.9 Å². The standard InChI is InChI=1S/C21H25.C5H5.2ClH.Zr/c1-20(2,3)16-7-9-18-14(12-16)11-15-13-17(21(4,5)6)8-10-19(15)18;1-2-4-5-3-1;;;/h7-13H,1-6H3;1-5H;2*1H;/q;;;;+2/p-2. The summed E-state index contributed by atoms with van der Waals surface area (Å²) in [5.74, 6) is 0. The molecule has 2 aromatic carbocycles. The van der Waals surface area contributed by atoms with Crippen LogP contribution < -0.4 is 0 Å². The number of benzene rings is 2. The van der Waals surface area contributed by atoms with Crippen molar-refractivity contribution in [3.8, 4) is 11.1 Å². The summed E-state index contributed by atoms with van der Waals surface area (Å²) in [6.07, 6.45) is 8.59. The number of halogens is 2. The average molecular weight is 505 g/mol. The summed E-state index contributed by atoms with van der Waals surface area (Å²) < 4.78 is 0.340. The molecule has 0 aliphatic heterocycles. The number of hydrogen-bond acceptors (Lipinski definition) is 0. The molecule has 0 radical (unpaired) electrons. The van der Waals surface area contributed by atoms with Crippen LogP contribution in [0, 0.1) is 0 Å². The Bertz CT molecular complexity index is 940. The normalized spacial score (nSPS) is 17.1. The Balaban J connectivity index is 1.96. The molecule has 152 valence electrons. The Hall–Kier alpha value is -0.617. The first kappa shape index (κ1) is 21.6. The van der Waals surface area contributed by atoms with Crippen LogP contribution in [0.25, 0.3) is 11.1 Å². The van der Waals surface area contributed by atoms with Crippen molar-refractivity contribution in [3.05, 3.63) is 83.0 Å². The first-order valence-corrected chi connectivity index (χ1v) is 19.6. The van der Waals surface area contributed by atoms with Crippen LogP contribution in [0.15, 0.2) is 60.7 Å². The Labute approximate surface area is 187 Å². The molecule has 0 atom stereocenters. The van der Waals surface area contributed by atoms with E-state index in [2.05, 4.69) is 102 Å². The zero-order valence-electron chi connectivity index (χ0n) is 18.2. The van der Waals surface area contributed by atoms with Crippen molar-refractivity contribution in [3.63, 3.8) is 0 Å². The Morgan fingerprint density at radius 1 is 0.690 bits per heavy atom. The first-order chi connectivity index (χ1) is 13.4. The molecule has 29 heavy (non-hydrogen) atoms. The fourth-order valence-electron chi connectivity index (χ4n) is 4.49. The zero-order chi connectivity index (χ0) is 21.2. The molecule has 4 rings (SSSR count). The van der Waals surface area contributed by atoms with Gasteiger partial charge in [0.25, 0.3) is 0 Å². The van der Waals surface area contributed by atoms with Gasteiger partial charge < -0.3 is 0 Å². The van der Waals surface area contributed by atoms with Gasteiger partial charge in [-0.25, -0.2) is 0 Å². The molecular weight excluding hydrogens is 474 g/mol. The minimum atomic E-state index is -3.65. The van der Waals surface area contributed by atoms with E-state index in [1.807, 2.05) is 0 Å². The van der Waals surface area contributed by atoms with Crippen LogP contribution in [-0.4, -0.2) is 0 Å². The summed E-state index contributed by atoms with van der Waals surface area (Å²) in [6.45, 7) is 13.6. The van der Waals surface area contributed by atoms with Gasteiger partial charge in [0.1, 0.15) is 0 Å². The third-order valence-corrected chi connectivity index (χ3v) is 18.4. The second kappa shape index (κ2) is 7.22. The van der Waals surface area contributed by atoms with E-state index in [0.717, 1.165) is 0 Å². The molecule has 0 spiro atoms. The van der Waals surface area contributed by atoms with Crippen molar-refractivity contribution in [2.75, 3.05) is 0 Å². The fourth-order valence-corrected chi connectivity index (χ4v) is 15.0. The second-order valence-corrected chi connectivity index (χ2v) is 25.4. The summed E-state index contributed by atoms with van der Waals surface area (Å²) in [5.41, 5.74) is 8.18. The third kappa shape index (κ3) is 3.77. The van der Waals surface area contributed by atoms with Crippen LogP contribution in [0.2, 0.25) is 3.63 Å². The van der Waals surface area contributed by atoms with Crippen molar-refractivity contribution in [2.24, 2.45) is 0 Å². The molecule has 0 heterocycles. The van der Waals surface area contributed by atoms with Gasteiger partial charge in [-0.1, -0.05) is 0 Å². The van der Waals surface area contributed by atoms with Crippen molar-refractivity contribution >= 4 is 17.0 Å². The van der Waals surface area contributed by atoms with E-state index in [-0.39, 0.29) is 18.1 Å². The van der Waals surface area contributed by atoms with Crippen molar-refractivity contribution in [1.82, 2.24) is 0 Å². The summed E-state index contributed by atoms with van der Waals surface area (Å²) in [7, 11) is 14.8. The molecule has 3 heteroatoms. The van der Waals surface area contributed by atoms with E-state index in [1.54, 1.807) is 0 Å².